The Morgan fingerprint density at radius 3 is 1.95 bits per heavy atom. The lowest BCUT2D eigenvalue weighted by Crippen LogP contribution is -2.34. The molecule has 0 aliphatic carbocycles. The summed E-state index contributed by atoms with van der Waals surface area (Å²) in [6.07, 6.45) is 7.75. The Bertz CT molecular complexity index is 227. The minimum Gasteiger partial charge on any atom is -0.418 e. The zero-order valence-corrected chi connectivity index (χ0v) is 18.3. The van der Waals surface area contributed by atoms with Gasteiger partial charge in [-0.2, -0.15) is 0 Å². The number of hydrogen-bond acceptors (Lipinski definition) is 1. The Hall–Kier alpha value is 1.19. The van der Waals surface area contributed by atoms with Crippen molar-refractivity contribution in [3.63, 3.8) is 0 Å². The highest BCUT2D eigenvalue weighted by atomic mass is 35.7. The zero-order chi connectivity index (χ0) is 14.9. The van der Waals surface area contributed by atoms with E-state index in [2.05, 4.69) is 26.2 Å². The molecule has 0 aliphatic heterocycles. The molecular weight excluding hydrogens is 327 g/mol. The summed E-state index contributed by atoms with van der Waals surface area (Å²) in [6, 6.07) is 1.04. The van der Waals surface area contributed by atoms with Crippen LogP contribution in [0.25, 0.3) is 0 Å². The van der Waals surface area contributed by atoms with E-state index >= 15 is 0 Å². The number of halogens is 2. The van der Waals surface area contributed by atoms with E-state index in [1.807, 2.05) is 6.55 Å². The molecule has 0 aromatic rings. The fraction of sp³-hybridized carbons (Fsp3) is 1.00. The van der Waals surface area contributed by atoms with Gasteiger partial charge in [-0.05, 0) is 38.7 Å². The van der Waals surface area contributed by atoms with E-state index in [1.54, 1.807) is 0 Å². The Balaban J connectivity index is 3.52. The molecule has 0 rings (SSSR count). The van der Waals surface area contributed by atoms with Gasteiger partial charge in [-0.3, -0.25) is 0 Å². The summed E-state index contributed by atoms with van der Waals surface area (Å²) in [4.78, 5) is 0. The second kappa shape index (κ2) is 10.0. The standard InChI is InChI=1S/C13H32Cl2OSi3/c1-17-13(16-18(2,3)4)11-9-7-6-8-10-12-19(5,14)15/h13H,6-12,17H2,1-5H3. The van der Waals surface area contributed by atoms with E-state index in [4.69, 9.17) is 26.6 Å². The summed E-state index contributed by atoms with van der Waals surface area (Å²) >= 11 is 12.2. The quantitative estimate of drug-likeness (QED) is 0.277. The molecule has 0 aliphatic rings. The molecule has 0 spiro atoms. The summed E-state index contributed by atoms with van der Waals surface area (Å²) in [5, 5.41) is 0. The molecule has 1 unspecified atom stereocenters. The first-order chi connectivity index (χ1) is 8.64. The highest BCUT2D eigenvalue weighted by Crippen LogP contribution is 2.23. The summed E-state index contributed by atoms with van der Waals surface area (Å²) in [5.41, 5.74) is 0.619. The van der Waals surface area contributed by atoms with Crippen LogP contribution in [0.4, 0.5) is 0 Å². The van der Waals surface area contributed by atoms with Gasteiger partial charge in [0.25, 0.3) is 0 Å². The fourth-order valence-corrected chi connectivity index (χ4v) is 7.84. The van der Waals surface area contributed by atoms with E-state index in [9.17, 15) is 0 Å². The SMILES string of the molecule is C[SiH2]C(CCCCCCC[Si](C)(Cl)Cl)O[Si](C)(C)C. The molecule has 6 heteroatoms. The van der Waals surface area contributed by atoms with Crippen molar-refractivity contribution in [2.45, 2.75) is 83.0 Å². The number of hydrogen-bond donors (Lipinski definition) is 0. The lowest BCUT2D eigenvalue weighted by Gasteiger charge is -2.25. The van der Waals surface area contributed by atoms with E-state index in [1.165, 1.54) is 38.5 Å². The summed E-state index contributed by atoms with van der Waals surface area (Å²) in [7, 11) is -1.36. The van der Waals surface area contributed by atoms with Crippen molar-refractivity contribution in [2.24, 2.45) is 0 Å². The molecule has 0 heterocycles. The Morgan fingerprint density at radius 2 is 1.47 bits per heavy atom. The molecule has 0 aromatic heterocycles. The lowest BCUT2D eigenvalue weighted by atomic mass is 10.1. The number of rotatable bonds is 11. The molecule has 1 atom stereocenters. The predicted octanol–water partition coefficient (Wildman–Crippen LogP) is 5.27. The van der Waals surface area contributed by atoms with Gasteiger partial charge in [0.1, 0.15) is 0 Å². The fourth-order valence-electron chi connectivity index (χ4n) is 2.18. The first kappa shape index (κ1) is 20.2. The average Bonchev–Trinajstić information content (AvgIpc) is 2.23. The second-order valence-corrected chi connectivity index (χ2v) is 21.1. The molecule has 0 saturated carbocycles. The molecule has 0 bridgehead atoms. The minimum absolute atomic E-state index is 0.0312. The van der Waals surface area contributed by atoms with Crippen LogP contribution in [0.1, 0.15) is 38.5 Å². The first-order valence-corrected chi connectivity index (χ1v) is 18.1. The van der Waals surface area contributed by atoms with Crippen LogP contribution >= 0.6 is 22.2 Å². The van der Waals surface area contributed by atoms with Crippen molar-refractivity contribution in [1.29, 1.82) is 0 Å². The summed E-state index contributed by atoms with van der Waals surface area (Å²) in [5.74, 6) is 0. The minimum atomic E-state index is -1.84. The van der Waals surface area contributed by atoms with Crippen molar-refractivity contribution in [3.05, 3.63) is 0 Å². The van der Waals surface area contributed by atoms with Gasteiger partial charge in [0.2, 0.25) is 6.69 Å². The van der Waals surface area contributed by atoms with Gasteiger partial charge in [-0.1, -0.05) is 38.7 Å². The first-order valence-electron chi connectivity index (χ1n) is 7.69. The normalized spacial score (nSPS) is 15.3. The average molecular weight is 360 g/mol. The van der Waals surface area contributed by atoms with Crippen LogP contribution in [-0.2, 0) is 4.43 Å². The molecule has 0 saturated heterocycles. The van der Waals surface area contributed by atoms with Crippen LogP contribution in [0.5, 0.6) is 0 Å². The lowest BCUT2D eigenvalue weighted by molar-refractivity contribution is 0.254. The van der Waals surface area contributed by atoms with Gasteiger partial charge in [0.15, 0.2) is 8.32 Å². The maximum atomic E-state index is 6.23. The Morgan fingerprint density at radius 1 is 0.947 bits per heavy atom. The van der Waals surface area contributed by atoms with E-state index in [0.717, 1.165) is 6.04 Å². The second-order valence-electron chi connectivity index (χ2n) is 6.64. The Kier molecular flexibility index (Phi) is 10.6. The largest absolute Gasteiger partial charge is 0.418 e. The zero-order valence-electron chi connectivity index (χ0n) is 13.4. The maximum Gasteiger partial charge on any atom is 0.248 e. The highest BCUT2D eigenvalue weighted by Gasteiger charge is 2.20. The third kappa shape index (κ3) is 15.4. The van der Waals surface area contributed by atoms with Crippen LogP contribution in [0, 0.1) is 0 Å². The molecule has 1 nitrogen and oxygen atoms in total. The molecule has 19 heavy (non-hydrogen) atoms. The maximum absolute atomic E-state index is 6.23. The summed E-state index contributed by atoms with van der Waals surface area (Å²) in [6.45, 7) is 9.43. The monoisotopic (exact) mass is 358 g/mol. The third-order valence-electron chi connectivity index (χ3n) is 3.12. The van der Waals surface area contributed by atoms with Crippen molar-refractivity contribution in [3.8, 4) is 0 Å². The van der Waals surface area contributed by atoms with Crippen molar-refractivity contribution < 1.29 is 4.43 Å². The van der Waals surface area contributed by atoms with Gasteiger partial charge in [-0.25, -0.2) is 0 Å². The molecular formula is C13H32Cl2OSi3. The van der Waals surface area contributed by atoms with Crippen molar-refractivity contribution in [1.82, 2.24) is 0 Å². The molecule has 0 fully saturated rings. The molecule has 116 valence electrons. The van der Waals surface area contributed by atoms with Crippen molar-refractivity contribution in [2.75, 3.05) is 0 Å². The molecule has 0 aromatic carbocycles. The number of unbranched alkanes of at least 4 members (excludes halogenated alkanes) is 4. The molecule has 0 amide bonds. The topological polar surface area (TPSA) is 9.23 Å². The highest BCUT2D eigenvalue weighted by molar-refractivity contribution is 7.44. The van der Waals surface area contributed by atoms with Gasteiger partial charge < -0.3 is 4.43 Å². The van der Waals surface area contributed by atoms with Gasteiger partial charge in [0, 0.05) is 5.73 Å². The van der Waals surface area contributed by atoms with Crippen LogP contribution in [0.3, 0.4) is 0 Å². The smallest absolute Gasteiger partial charge is 0.248 e. The molecule has 0 radical (unpaired) electrons. The van der Waals surface area contributed by atoms with Crippen molar-refractivity contribution >= 4 is 46.7 Å². The van der Waals surface area contributed by atoms with Crippen LogP contribution in [-0.4, -0.2) is 30.3 Å². The van der Waals surface area contributed by atoms with Gasteiger partial charge in [-0.15, -0.1) is 22.2 Å². The van der Waals surface area contributed by atoms with Crippen LogP contribution in [0.2, 0.25) is 38.8 Å². The van der Waals surface area contributed by atoms with Gasteiger partial charge >= 0.3 is 0 Å². The third-order valence-corrected chi connectivity index (χ3v) is 8.34. The van der Waals surface area contributed by atoms with E-state index < -0.39 is 15.0 Å². The summed E-state index contributed by atoms with van der Waals surface area (Å²) < 4.78 is 6.23. The van der Waals surface area contributed by atoms with E-state index in [0.29, 0.717) is 5.73 Å². The van der Waals surface area contributed by atoms with E-state index in [-0.39, 0.29) is 9.52 Å². The van der Waals surface area contributed by atoms with Crippen LogP contribution < -0.4 is 0 Å². The van der Waals surface area contributed by atoms with Crippen LogP contribution in [0.15, 0.2) is 0 Å². The molecule has 0 N–H and O–H groups in total. The predicted molar refractivity (Wildman–Crippen MR) is 98.5 cm³/mol. The Labute approximate surface area is 134 Å². The van der Waals surface area contributed by atoms with Gasteiger partial charge in [0.05, 0.1) is 9.52 Å².